The van der Waals surface area contributed by atoms with E-state index in [1.165, 1.54) is 0 Å². The highest BCUT2D eigenvalue weighted by molar-refractivity contribution is 6.35. The molecule has 1 aliphatic rings. The van der Waals surface area contributed by atoms with Crippen LogP contribution in [0.3, 0.4) is 0 Å². The standard InChI is InChI=1S/C24H24ClN3O3/c1-16-13-27(14-18-8-9-20-21(25)10-11-26-22(20)12-18)23(30)17(2)28(16)24(31-15-29)19-6-4-3-5-7-19/h3-12,15-17,24H,13-14H2,1-2H3. The van der Waals surface area contributed by atoms with Gasteiger partial charge in [-0.3, -0.25) is 14.6 Å². The zero-order valence-corrected chi connectivity index (χ0v) is 18.2. The molecule has 0 aliphatic carbocycles. The largest absolute Gasteiger partial charge is 0.444 e. The van der Waals surface area contributed by atoms with Gasteiger partial charge in [-0.2, -0.15) is 0 Å². The molecule has 2 aromatic carbocycles. The molecule has 0 spiro atoms. The zero-order chi connectivity index (χ0) is 22.0. The number of carbonyl (C=O) groups excluding carboxylic acids is 2. The molecule has 0 N–H and O–H groups in total. The van der Waals surface area contributed by atoms with Gasteiger partial charge in [0, 0.05) is 36.3 Å². The first-order valence-electron chi connectivity index (χ1n) is 10.2. The fourth-order valence-corrected chi connectivity index (χ4v) is 4.54. The smallest absolute Gasteiger partial charge is 0.294 e. The fourth-order valence-electron chi connectivity index (χ4n) is 4.32. The van der Waals surface area contributed by atoms with Crippen molar-refractivity contribution in [3.05, 3.63) is 76.9 Å². The van der Waals surface area contributed by atoms with Crippen molar-refractivity contribution < 1.29 is 14.3 Å². The van der Waals surface area contributed by atoms with Crippen LogP contribution < -0.4 is 0 Å². The minimum atomic E-state index is -0.609. The third-order valence-electron chi connectivity index (χ3n) is 5.78. The summed E-state index contributed by atoms with van der Waals surface area (Å²) < 4.78 is 5.42. The van der Waals surface area contributed by atoms with Gasteiger partial charge in [0.15, 0.2) is 6.23 Å². The van der Waals surface area contributed by atoms with Gasteiger partial charge in [0.05, 0.1) is 16.6 Å². The van der Waals surface area contributed by atoms with Gasteiger partial charge in [-0.05, 0) is 31.5 Å². The molecule has 7 heteroatoms. The van der Waals surface area contributed by atoms with Gasteiger partial charge in [0.1, 0.15) is 0 Å². The van der Waals surface area contributed by atoms with Crippen molar-refractivity contribution in [1.29, 1.82) is 0 Å². The van der Waals surface area contributed by atoms with Crippen LogP contribution in [0, 0.1) is 0 Å². The summed E-state index contributed by atoms with van der Waals surface area (Å²) in [6.07, 6.45) is 1.07. The Morgan fingerprint density at radius 3 is 2.71 bits per heavy atom. The molecule has 1 saturated heterocycles. The molecule has 1 fully saturated rings. The summed E-state index contributed by atoms with van der Waals surface area (Å²) in [6.45, 7) is 5.35. The van der Waals surface area contributed by atoms with Gasteiger partial charge < -0.3 is 9.64 Å². The normalized spacial score (nSPS) is 20.6. The molecule has 3 atom stereocenters. The highest BCUT2D eigenvalue weighted by atomic mass is 35.5. The summed E-state index contributed by atoms with van der Waals surface area (Å²) in [7, 11) is 0. The van der Waals surface area contributed by atoms with E-state index in [0.717, 1.165) is 22.0 Å². The van der Waals surface area contributed by atoms with Crippen molar-refractivity contribution in [2.75, 3.05) is 6.54 Å². The van der Waals surface area contributed by atoms with Crippen molar-refractivity contribution in [2.45, 2.75) is 38.7 Å². The Hall–Kier alpha value is -2.96. The van der Waals surface area contributed by atoms with Crippen LogP contribution >= 0.6 is 11.6 Å². The predicted molar refractivity (Wildman–Crippen MR) is 119 cm³/mol. The summed E-state index contributed by atoms with van der Waals surface area (Å²) in [4.78, 5) is 32.6. The number of hydrogen-bond donors (Lipinski definition) is 0. The fraction of sp³-hybridized carbons (Fsp3) is 0.292. The number of rotatable bonds is 6. The highest BCUT2D eigenvalue weighted by Gasteiger charge is 2.41. The van der Waals surface area contributed by atoms with Gasteiger partial charge in [0.25, 0.3) is 6.47 Å². The van der Waals surface area contributed by atoms with Crippen molar-refractivity contribution in [1.82, 2.24) is 14.8 Å². The maximum Gasteiger partial charge on any atom is 0.294 e. The van der Waals surface area contributed by atoms with Gasteiger partial charge in [-0.25, -0.2) is 4.90 Å². The molecule has 3 aromatic rings. The minimum Gasteiger partial charge on any atom is -0.444 e. The van der Waals surface area contributed by atoms with E-state index < -0.39 is 12.3 Å². The molecule has 31 heavy (non-hydrogen) atoms. The van der Waals surface area contributed by atoms with E-state index in [2.05, 4.69) is 4.98 Å². The second-order valence-corrected chi connectivity index (χ2v) is 8.24. The number of halogens is 1. The van der Waals surface area contributed by atoms with Crippen LogP contribution in [0.2, 0.25) is 5.02 Å². The van der Waals surface area contributed by atoms with Crippen molar-refractivity contribution >= 4 is 34.9 Å². The van der Waals surface area contributed by atoms with Crippen LogP contribution in [0.5, 0.6) is 0 Å². The van der Waals surface area contributed by atoms with Crippen molar-refractivity contribution in [2.24, 2.45) is 0 Å². The predicted octanol–water partition coefficient (Wildman–Crippen LogP) is 4.18. The summed E-state index contributed by atoms with van der Waals surface area (Å²) in [6, 6.07) is 16.7. The average Bonchev–Trinajstić information content (AvgIpc) is 2.77. The van der Waals surface area contributed by atoms with Crippen LogP contribution in [0.4, 0.5) is 0 Å². The van der Waals surface area contributed by atoms with E-state index in [-0.39, 0.29) is 11.9 Å². The highest BCUT2D eigenvalue weighted by Crippen LogP contribution is 2.31. The topological polar surface area (TPSA) is 62.7 Å². The van der Waals surface area contributed by atoms with Crippen LogP contribution in [0.25, 0.3) is 10.9 Å². The molecule has 1 aliphatic heterocycles. The van der Waals surface area contributed by atoms with Gasteiger partial charge in [-0.15, -0.1) is 0 Å². The van der Waals surface area contributed by atoms with E-state index >= 15 is 0 Å². The van der Waals surface area contributed by atoms with Crippen LogP contribution in [0.15, 0.2) is 60.8 Å². The number of nitrogens with zero attached hydrogens (tertiary/aromatic N) is 3. The number of aromatic nitrogens is 1. The molecule has 0 saturated carbocycles. The molecule has 1 aromatic heterocycles. The van der Waals surface area contributed by atoms with E-state index in [1.807, 2.05) is 72.2 Å². The van der Waals surface area contributed by atoms with Gasteiger partial charge in [0.2, 0.25) is 5.91 Å². The SMILES string of the molecule is CC1CN(Cc2ccc3c(Cl)ccnc3c2)C(=O)C(C)N1C(OC=O)c1ccccc1. The van der Waals surface area contributed by atoms with E-state index in [4.69, 9.17) is 16.3 Å². The maximum atomic E-state index is 13.2. The molecule has 160 valence electrons. The second-order valence-electron chi connectivity index (χ2n) is 7.83. The van der Waals surface area contributed by atoms with E-state index in [0.29, 0.717) is 24.6 Å². The summed E-state index contributed by atoms with van der Waals surface area (Å²) >= 11 is 6.24. The minimum absolute atomic E-state index is 0.00678. The Morgan fingerprint density at radius 1 is 1.19 bits per heavy atom. The molecular weight excluding hydrogens is 414 g/mol. The lowest BCUT2D eigenvalue weighted by molar-refractivity contribution is -0.168. The Kier molecular flexibility index (Phi) is 6.20. The number of ether oxygens (including phenoxy) is 1. The number of fused-ring (bicyclic) bond motifs is 1. The molecule has 6 nitrogen and oxygen atoms in total. The quantitative estimate of drug-likeness (QED) is 0.541. The molecule has 3 unspecified atom stereocenters. The summed E-state index contributed by atoms with van der Waals surface area (Å²) in [5.74, 6) is -0.00678. The maximum absolute atomic E-state index is 13.2. The van der Waals surface area contributed by atoms with Crippen LogP contribution in [0.1, 0.15) is 31.2 Å². The summed E-state index contributed by atoms with van der Waals surface area (Å²) in [5.41, 5.74) is 2.64. The number of benzene rings is 2. The number of carbonyl (C=O) groups is 2. The summed E-state index contributed by atoms with van der Waals surface area (Å²) in [5, 5.41) is 1.55. The third-order valence-corrected chi connectivity index (χ3v) is 6.11. The van der Waals surface area contributed by atoms with Gasteiger partial charge in [-0.1, -0.05) is 54.1 Å². The van der Waals surface area contributed by atoms with E-state index in [1.54, 1.807) is 12.3 Å². The van der Waals surface area contributed by atoms with Gasteiger partial charge >= 0.3 is 0 Å². The Bertz CT molecular complexity index is 1090. The Balaban J connectivity index is 1.56. The molecule has 0 radical (unpaired) electrons. The lowest BCUT2D eigenvalue weighted by Crippen LogP contribution is -2.60. The molecule has 2 heterocycles. The lowest BCUT2D eigenvalue weighted by Gasteiger charge is -2.46. The van der Waals surface area contributed by atoms with E-state index in [9.17, 15) is 9.59 Å². The van der Waals surface area contributed by atoms with Crippen molar-refractivity contribution in [3.63, 3.8) is 0 Å². The van der Waals surface area contributed by atoms with Crippen LogP contribution in [-0.4, -0.2) is 45.8 Å². The molecule has 1 amide bonds. The number of pyridine rings is 1. The average molecular weight is 438 g/mol. The first-order chi connectivity index (χ1) is 15.0. The first-order valence-corrected chi connectivity index (χ1v) is 10.6. The molecular formula is C24H24ClN3O3. The third kappa shape index (κ3) is 4.27. The molecule has 4 rings (SSSR count). The number of piperazine rings is 1. The Morgan fingerprint density at radius 2 is 1.97 bits per heavy atom. The number of hydrogen-bond acceptors (Lipinski definition) is 5. The molecule has 0 bridgehead atoms. The number of amides is 1. The lowest BCUT2D eigenvalue weighted by atomic mass is 10.0. The van der Waals surface area contributed by atoms with Crippen molar-refractivity contribution in [3.8, 4) is 0 Å². The second kappa shape index (κ2) is 9.04. The Labute approximate surface area is 186 Å². The van der Waals surface area contributed by atoms with Crippen LogP contribution in [-0.2, 0) is 20.9 Å². The zero-order valence-electron chi connectivity index (χ0n) is 17.4. The first kappa shape index (κ1) is 21.3. The monoisotopic (exact) mass is 437 g/mol.